The van der Waals surface area contributed by atoms with Crippen LogP contribution in [0.1, 0.15) is 49.7 Å². The number of rotatable bonds is 8. The van der Waals surface area contributed by atoms with E-state index >= 15 is 0 Å². The second-order valence-electron chi connectivity index (χ2n) is 14.3. The number of hydrogen-bond donors (Lipinski definition) is 2. The van der Waals surface area contributed by atoms with Crippen molar-refractivity contribution in [2.75, 3.05) is 49.6 Å². The van der Waals surface area contributed by atoms with Gasteiger partial charge in [-0.15, -0.1) is 0 Å². The van der Waals surface area contributed by atoms with Crippen molar-refractivity contribution >= 4 is 28.6 Å². The molecule has 0 atom stereocenters. The van der Waals surface area contributed by atoms with Crippen LogP contribution in [-0.2, 0) is 17.8 Å². The first-order valence-corrected chi connectivity index (χ1v) is 18.3. The number of fused-ring (bicyclic) bond motifs is 1. The van der Waals surface area contributed by atoms with Crippen molar-refractivity contribution < 1.29 is 9.53 Å². The standard InChI is InChI=1S/C41H47N7O2/c49-40(44-34-13-11-33(12-14-34)37-27-36-38(45-37)42-30-43-39(36)46-23-25-50-26-24-46)47-21-19-41(20-22-47)17-15-35(16-18-41)48(28-31-7-3-1-4-8-31)29-32-9-5-2-6-10-32/h1-14,27,30,35H,15-26,28-29H2,(H,44,49)(H,42,43,45). The molecule has 0 bridgehead atoms. The van der Waals surface area contributed by atoms with E-state index in [1.165, 1.54) is 36.8 Å². The molecule has 2 saturated heterocycles. The number of anilines is 2. The second-order valence-corrected chi connectivity index (χ2v) is 14.3. The van der Waals surface area contributed by atoms with Crippen molar-refractivity contribution in [3.8, 4) is 11.3 Å². The number of likely N-dealkylation sites (tertiary alicyclic amines) is 1. The SMILES string of the molecule is O=C(Nc1ccc(-c2cc3c(N4CCOCC4)ncnc3[nH]2)cc1)N1CCC2(CCC(N(Cc3ccccc3)Cc3ccccc3)CC2)CC1. The Bertz CT molecular complexity index is 1810. The van der Waals surface area contributed by atoms with Gasteiger partial charge in [-0.1, -0.05) is 72.8 Å². The molecule has 5 aromatic rings. The molecule has 1 saturated carbocycles. The quantitative estimate of drug-likeness (QED) is 0.176. The molecule has 258 valence electrons. The minimum atomic E-state index is -0.00535. The first-order valence-electron chi connectivity index (χ1n) is 18.3. The molecule has 4 heterocycles. The fourth-order valence-electron chi connectivity index (χ4n) is 8.26. The lowest BCUT2D eigenvalue weighted by atomic mass is 9.66. The van der Waals surface area contributed by atoms with Gasteiger partial charge in [0.05, 0.1) is 18.6 Å². The molecule has 1 aliphatic carbocycles. The van der Waals surface area contributed by atoms with Crippen molar-refractivity contribution in [2.24, 2.45) is 5.41 Å². The van der Waals surface area contributed by atoms with Crippen LogP contribution in [0.3, 0.4) is 0 Å². The lowest BCUT2D eigenvalue weighted by molar-refractivity contribution is 0.0379. The van der Waals surface area contributed by atoms with Crippen LogP contribution in [0.2, 0.25) is 0 Å². The van der Waals surface area contributed by atoms with Crippen LogP contribution in [0.25, 0.3) is 22.3 Å². The van der Waals surface area contributed by atoms with E-state index in [0.29, 0.717) is 24.7 Å². The van der Waals surface area contributed by atoms with Gasteiger partial charge in [0.15, 0.2) is 0 Å². The molecule has 3 fully saturated rings. The number of aromatic amines is 1. The number of urea groups is 1. The summed E-state index contributed by atoms with van der Waals surface area (Å²) in [6.45, 7) is 6.65. The maximum Gasteiger partial charge on any atom is 0.321 e. The van der Waals surface area contributed by atoms with Crippen LogP contribution in [-0.4, -0.2) is 76.2 Å². The molecule has 2 aliphatic heterocycles. The summed E-state index contributed by atoms with van der Waals surface area (Å²) < 4.78 is 5.53. The van der Waals surface area contributed by atoms with Gasteiger partial charge in [-0.2, -0.15) is 0 Å². The van der Waals surface area contributed by atoms with Crippen molar-refractivity contribution in [1.82, 2.24) is 24.8 Å². The highest BCUT2D eigenvalue weighted by Gasteiger charge is 2.40. The van der Waals surface area contributed by atoms with E-state index in [2.05, 4.69) is 96.8 Å². The Balaban J connectivity index is 0.852. The fraction of sp³-hybridized carbons (Fsp3) is 0.390. The number of ether oxygens (including phenoxy) is 1. The summed E-state index contributed by atoms with van der Waals surface area (Å²) in [6.07, 6.45) is 8.70. The first kappa shape index (κ1) is 32.5. The Morgan fingerprint density at radius 2 is 1.46 bits per heavy atom. The smallest absolute Gasteiger partial charge is 0.321 e. The fourth-order valence-corrected chi connectivity index (χ4v) is 8.26. The molecule has 50 heavy (non-hydrogen) atoms. The number of carbonyl (C=O) groups excluding carboxylic acids is 1. The Morgan fingerprint density at radius 3 is 2.10 bits per heavy atom. The Hall–Kier alpha value is -4.73. The summed E-state index contributed by atoms with van der Waals surface area (Å²) in [7, 11) is 0. The second kappa shape index (κ2) is 14.6. The average molecular weight is 670 g/mol. The molecule has 8 rings (SSSR count). The predicted octanol–water partition coefficient (Wildman–Crippen LogP) is 7.72. The van der Waals surface area contributed by atoms with Crippen LogP contribution in [0.4, 0.5) is 16.3 Å². The number of benzene rings is 3. The first-order chi connectivity index (χ1) is 24.6. The number of nitrogens with zero attached hydrogens (tertiary/aromatic N) is 5. The van der Waals surface area contributed by atoms with E-state index < -0.39 is 0 Å². The molecule has 2 amide bonds. The molecular formula is C41H47N7O2. The number of H-pyrrole nitrogens is 1. The van der Waals surface area contributed by atoms with Gasteiger partial charge in [-0.3, -0.25) is 4.90 Å². The van der Waals surface area contributed by atoms with Crippen molar-refractivity contribution in [3.05, 3.63) is 108 Å². The molecular weight excluding hydrogens is 622 g/mol. The van der Waals surface area contributed by atoms with Crippen LogP contribution in [0.5, 0.6) is 0 Å². The molecule has 2 aromatic heterocycles. The van der Waals surface area contributed by atoms with Gasteiger partial charge in [0.1, 0.15) is 17.8 Å². The number of morpholine rings is 1. The van der Waals surface area contributed by atoms with Gasteiger partial charge in [-0.05, 0) is 78.8 Å². The number of carbonyl (C=O) groups is 1. The Kier molecular flexibility index (Phi) is 9.50. The van der Waals surface area contributed by atoms with Crippen LogP contribution in [0.15, 0.2) is 97.3 Å². The van der Waals surface area contributed by atoms with Crippen molar-refractivity contribution in [1.29, 1.82) is 0 Å². The molecule has 0 radical (unpaired) electrons. The maximum atomic E-state index is 13.4. The zero-order valence-electron chi connectivity index (χ0n) is 28.8. The van der Waals surface area contributed by atoms with E-state index in [1.54, 1.807) is 6.33 Å². The monoisotopic (exact) mass is 669 g/mol. The van der Waals surface area contributed by atoms with Crippen LogP contribution in [0, 0.1) is 5.41 Å². The van der Waals surface area contributed by atoms with Crippen molar-refractivity contribution in [3.63, 3.8) is 0 Å². The number of piperidine rings is 1. The minimum Gasteiger partial charge on any atom is -0.378 e. The summed E-state index contributed by atoms with van der Waals surface area (Å²) in [4.78, 5) is 32.8. The molecule has 1 spiro atoms. The number of nitrogens with one attached hydrogen (secondary N) is 2. The number of aromatic nitrogens is 3. The number of amides is 2. The third kappa shape index (κ3) is 7.25. The van der Waals surface area contributed by atoms with E-state index in [4.69, 9.17) is 4.74 Å². The van der Waals surface area contributed by atoms with E-state index in [9.17, 15) is 4.79 Å². The lowest BCUT2D eigenvalue weighted by Gasteiger charge is -2.47. The van der Waals surface area contributed by atoms with Gasteiger partial charge >= 0.3 is 6.03 Å². The summed E-state index contributed by atoms with van der Waals surface area (Å²) in [5.41, 5.74) is 6.75. The highest BCUT2D eigenvalue weighted by Crippen LogP contribution is 2.46. The third-order valence-corrected chi connectivity index (χ3v) is 11.3. The van der Waals surface area contributed by atoms with Gasteiger partial charge in [0.25, 0.3) is 0 Å². The van der Waals surface area contributed by atoms with Gasteiger partial charge in [0.2, 0.25) is 0 Å². The molecule has 3 aromatic carbocycles. The maximum absolute atomic E-state index is 13.4. The van der Waals surface area contributed by atoms with E-state index in [1.807, 2.05) is 29.2 Å². The zero-order valence-corrected chi connectivity index (χ0v) is 28.8. The normalized spacial score (nSPS) is 18.2. The largest absolute Gasteiger partial charge is 0.378 e. The average Bonchev–Trinajstić information content (AvgIpc) is 3.62. The molecule has 0 unspecified atom stereocenters. The lowest BCUT2D eigenvalue weighted by Crippen LogP contribution is -2.48. The summed E-state index contributed by atoms with van der Waals surface area (Å²) in [5.74, 6) is 0.939. The van der Waals surface area contributed by atoms with Gasteiger partial charge in [0, 0.05) is 56.7 Å². The topological polar surface area (TPSA) is 89.6 Å². The van der Waals surface area contributed by atoms with Crippen LogP contribution >= 0.6 is 0 Å². The highest BCUT2D eigenvalue weighted by molar-refractivity contribution is 5.93. The van der Waals surface area contributed by atoms with E-state index in [0.717, 1.165) is 85.9 Å². The number of hydrogen-bond acceptors (Lipinski definition) is 6. The molecule has 3 aliphatic rings. The molecule has 9 heteroatoms. The van der Waals surface area contributed by atoms with Gasteiger partial charge < -0.3 is 24.8 Å². The highest BCUT2D eigenvalue weighted by atomic mass is 16.5. The molecule has 2 N–H and O–H groups in total. The zero-order chi connectivity index (χ0) is 33.8. The summed E-state index contributed by atoms with van der Waals surface area (Å²) in [6, 6.07) is 32.5. The molecule has 9 nitrogen and oxygen atoms in total. The Labute approximate surface area is 294 Å². The Morgan fingerprint density at radius 1 is 0.820 bits per heavy atom. The third-order valence-electron chi connectivity index (χ3n) is 11.3. The predicted molar refractivity (Wildman–Crippen MR) is 199 cm³/mol. The van der Waals surface area contributed by atoms with E-state index in [-0.39, 0.29) is 6.03 Å². The van der Waals surface area contributed by atoms with Crippen LogP contribution < -0.4 is 10.2 Å². The van der Waals surface area contributed by atoms with Gasteiger partial charge in [-0.25, -0.2) is 14.8 Å². The summed E-state index contributed by atoms with van der Waals surface area (Å²) in [5, 5.41) is 4.17. The van der Waals surface area contributed by atoms with Crippen molar-refractivity contribution in [2.45, 2.75) is 57.7 Å². The minimum absolute atomic E-state index is 0.00535. The summed E-state index contributed by atoms with van der Waals surface area (Å²) >= 11 is 0.